The molecule has 1 fully saturated rings. The standard InChI is InChI=1S/C17H29N3/c1-4-7-19-8-10-20(11-9-19)17(13-18)16-6-5-14(2)15(3)12-16/h5-6,12,17H,4,7-11,13,18H2,1-3H3. The van der Waals surface area contributed by atoms with Gasteiger partial charge in [-0.15, -0.1) is 0 Å². The largest absolute Gasteiger partial charge is 0.329 e. The zero-order chi connectivity index (χ0) is 14.5. The van der Waals surface area contributed by atoms with Gasteiger partial charge in [-0.05, 0) is 43.5 Å². The van der Waals surface area contributed by atoms with Crippen LogP contribution in [0, 0.1) is 13.8 Å². The Bertz CT molecular complexity index is 422. The summed E-state index contributed by atoms with van der Waals surface area (Å²) in [6.07, 6.45) is 1.25. The molecule has 1 aromatic rings. The molecule has 1 heterocycles. The Hall–Kier alpha value is -0.900. The van der Waals surface area contributed by atoms with Gasteiger partial charge < -0.3 is 10.6 Å². The van der Waals surface area contributed by atoms with E-state index in [9.17, 15) is 0 Å². The maximum atomic E-state index is 6.06. The van der Waals surface area contributed by atoms with E-state index in [0.29, 0.717) is 12.6 Å². The number of nitrogens with zero attached hydrogens (tertiary/aromatic N) is 2. The lowest BCUT2D eigenvalue weighted by Crippen LogP contribution is -2.49. The number of rotatable bonds is 5. The highest BCUT2D eigenvalue weighted by Gasteiger charge is 2.23. The van der Waals surface area contributed by atoms with E-state index in [-0.39, 0.29) is 0 Å². The molecule has 0 bridgehead atoms. The van der Waals surface area contributed by atoms with Crippen LogP contribution in [0.15, 0.2) is 18.2 Å². The fourth-order valence-corrected chi connectivity index (χ4v) is 3.08. The molecule has 0 radical (unpaired) electrons. The summed E-state index contributed by atoms with van der Waals surface area (Å²) >= 11 is 0. The molecule has 1 aliphatic heterocycles. The van der Waals surface area contributed by atoms with Gasteiger partial charge in [0, 0.05) is 38.8 Å². The molecule has 112 valence electrons. The van der Waals surface area contributed by atoms with Gasteiger partial charge in [0.15, 0.2) is 0 Å². The summed E-state index contributed by atoms with van der Waals surface area (Å²) in [4.78, 5) is 5.11. The average Bonchev–Trinajstić information content (AvgIpc) is 2.46. The van der Waals surface area contributed by atoms with Crippen molar-refractivity contribution in [2.75, 3.05) is 39.3 Å². The van der Waals surface area contributed by atoms with Crippen LogP contribution in [0.3, 0.4) is 0 Å². The number of benzene rings is 1. The van der Waals surface area contributed by atoms with E-state index >= 15 is 0 Å². The lowest BCUT2D eigenvalue weighted by atomic mass is 9.99. The minimum Gasteiger partial charge on any atom is -0.329 e. The first-order valence-electron chi connectivity index (χ1n) is 7.89. The van der Waals surface area contributed by atoms with Gasteiger partial charge in [-0.2, -0.15) is 0 Å². The molecule has 0 spiro atoms. The Labute approximate surface area is 123 Å². The molecule has 1 saturated heterocycles. The number of aryl methyl sites for hydroxylation is 2. The van der Waals surface area contributed by atoms with Gasteiger partial charge in [0.1, 0.15) is 0 Å². The number of piperazine rings is 1. The minimum atomic E-state index is 0.373. The molecule has 1 aromatic carbocycles. The topological polar surface area (TPSA) is 32.5 Å². The second kappa shape index (κ2) is 7.21. The first kappa shape index (κ1) is 15.5. The summed E-state index contributed by atoms with van der Waals surface area (Å²) in [5.74, 6) is 0. The molecule has 3 nitrogen and oxygen atoms in total. The molecular weight excluding hydrogens is 246 g/mol. The van der Waals surface area contributed by atoms with Crippen molar-refractivity contribution < 1.29 is 0 Å². The van der Waals surface area contributed by atoms with Gasteiger partial charge >= 0.3 is 0 Å². The molecule has 0 amide bonds. The number of hydrogen-bond donors (Lipinski definition) is 1. The maximum absolute atomic E-state index is 6.06. The van der Waals surface area contributed by atoms with Crippen LogP contribution in [0.5, 0.6) is 0 Å². The lowest BCUT2D eigenvalue weighted by Gasteiger charge is -2.39. The lowest BCUT2D eigenvalue weighted by molar-refractivity contribution is 0.0985. The van der Waals surface area contributed by atoms with Gasteiger partial charge in [-0.1, -0.05) is 25.1 Å². The Morgan fingerprint density at radius 2 is 1.80 bits per heavy atom. The highest BCUT2D eigenvalue weighted by molar-refractivity contribution is 5.32. The van der Waals surface area contributed by atoms with Crippen molar-refractivity contribution >= 4 is 0 Å². The fraction of sp³-hybridized carbons (Fsp3) is 0.647. The highest BCUT2D eigenvalue weighted by Crippen LogP contribution is 2.23. The van der Waals surface area contributed by atoms with E-state index in [1.54, 1.807) is 0 Å². The highest BCUT2D eigenvalue weighted by atomic mass is 15.3. The van der Waals surface area contributed by atoms with E-state index < -0.39 is 0 Å². The van der Waals surface area contributed by atoms with Crippen molar-refractivity contribution in [2.24, 2.45) is 5.73 Å². The molecule has 1 atom stereocenters. The monoisotopic (exact) mass is 275 g/mol. The van der Waals surface area contributed by atoms with E-state index in [0.717, 1.165) is 13.1 Å². The summed E-state index contributed by atoms with van der Waals surface area (Å²) < 4.78 is 0. The SMILES string of the molecule is CCCN1CCN(C(CN)c2ccc(C)c(C)c2)CC1. The van der Waals surface area contributed by atoms with Gasteiger partial charge in [0.2, 0.25) is 0 Å². The second-order valence-corrected chi connectivity index (χ2v) is 5.97. The van der Waals surface area contributed by atoms with Gasteiger partial charge in [0.25, 0.3) is 0 Å². The normalized spacial score (nSPS) is 19.2. The van der Waals surface area contributed by atoms with Crippen LogP contribution >= 0.6 is 0 Å². The van der Waals surface area contributed by atoms with Crippen molar-refractivity contribution in [1.29, 1.82) is 0 Å². The van der Waals surface area contributed by atoms with Gasteiger partial charge in [-0.25, -0.2) is 0 Å². The van der Waals surface area contributed by atoms with Crippen LogP contribution in [-0.4, -0.2) is 49.1 Å². The molecule has 1 unspecified atom stereocenters. The number of hydrogen-bond acceptors (Lipinski definition) is 3. The van der Waals surface area contributed by atoms with Crippen LogP contribution < -0.4 is 5.73 Å². The van der Waals surface area contributed by atoms with Gasteiger partial charge in [0.05, 0.1) is 0 Å². The summed E-state index contributed by atoms with van der Waals surface area (Å²) in [5.41, 5.74) is 10.2. The summed E-state index contributed by atoms with van der Waals surface area (Å²) in [7, 11) is 0. The van der Waals surface area contributed by atoms with E-state index in [1.807, 2.05) is 0 Å². The van der Waals surface area contributed by atoms with Crippen molar-refractivity contribution in [3.8, 4) is 0 Å². The minimum absolute atomic E-state index is 0.373. The maximum Gasteiger partial charge on any atom is 0.0471 e. The smallest absolute Gasteiger partial charge is 0.0471 e. The van der Waals surface area contributed by atoms with Gasteiger partial charge in [-0.3, -0.25) is 4.90 Å². The molecule has 20 heavy (non-hydrogen) atoms. The summed E-state index contributed by atoms with van der Waals surface area (Å²) in [5, 5.41) is 0. The molecule has 0 aliphatic carbocycles. The van der Waals surface area contributed by atoms with Crippen molar-refractivity contribution in [2.45, 2.75) is 33.2 Å². The van der Waals surface area contributed by atoms with Crippen LogP contribution in [0.4, 0.5) is 0 Å². The Balaban J connectivity index is 2.03. The zero-order valence-electron chi connectivity index (χ0n) is 13.2. The average molecular weight is 275 g/mol. The molecule has 0 aromatic heterocycles. The van der Waals surface area contributed by atoms with E-state index in [1.165, 1.54) is 42.7 Å². The molecule has 1 aliphatic rings. The predicted octanol–water partition coefficient (Wildman–Crippen LogP) is 2.33. The second-order valence-electron chi connectivity index (χ2n) is 5.97. The van der Waals surface area contributed by atoms with E-state index in [4.69, 9.17) is 5.73 Å². The van der Waals surface area contributed by atoms with Crippen LogP contribution in [-0.2, 0) is 0 Å². The summed E-state index contributed by atoms with van der Waals surface area (Å²) in [6.45, 7) is 13.2. The third-order valence-electron chi connectivity index (χ3n) is 4.53. The van der Waals surface area contributed by atoms with Crippen LogP contribution in [0.25, 0.3) is 0 Å². The van der Waals surface area contributed by atoms with Crippen molar-refractivity contribution in [3.63, 3.8) is 0 Å². The predicted molar refractivity (Wildman–Crippen MR) is 86.0 cm³/mol. The van der Waals surface area contributed by atoms with Crippen molar-refractivity contribution in [3.05, 3.63) is 34.9 Å². The molecular formula is C17H29N3. The molecule has 2 N–H and O–H groups in total. The Morgan fingerprint density at radius 3 is 2.35 bits per heavy atom. The Morgan fingerprint density at radius 1 is 1.10 bits per heavy atom. The first-order valence-corrected chi connectivity index (χ1v) is 7.89. The van der Waals surface area contributed by atoms with Crippen molar-refractivity contribution in [1.82, 2.24) is 9.80 Å². The molecule has 0 saturated carbocycles. The quantitative estimate of drug-likeness (QED) is 0.895. The van der Waals surface area contributed by atoms with Crippen LogP contribution in [0.2, 0.25) is 0 Å². The third-order valence-corrected chi connectivity index (χ3v) is 4.53. The van der Waals surface area contributed by atoms with Crippen LogP contribution in [0.1, 0.15) is 36.1 Å². The Kier molecular flexibility index (Phi) is 5.58. The zero-order valence-corrected chi connectivity index (χ0v) is 13.2. The first-order chi connectivity index (χ1) is 9.65. The fourth-order valence-electron chi connectivity index (χ4n) is 3.08. The molecule has 2 rings (SSSR count). The van der Waals surface area contributed by atoms with E-state index in [2.05, 4.69) is 48.8 Å². The third kappa shape index (κ3) is 3.60. The summed E-state index contributed by atoms with van der Waals surface area (Å²) in [6, 6.07) is 7.16. The molecule has 3 heteroatoms. The number of nitrogens with two attached hydrogens (primary N) is 1.